The van der Waals surface area contributed by atoms with Crippen LogP contribution in [0.3, 0.4) is 0 Å². The van der Waals surface area contributed by atoms with Crippen LogP contribution in [0.5, 0.6) is 11.8 Å². The molecule has 0 atom stereocenters. The number of halogens is 1. The molecule has 3 rings (SSSR count). The second-order valence-electron chi connectivity index (χ2n) is 5.67. The molecule has 1 fully saturated rings. The van der Waals surface area contributed by atoms with Crippen LogP contribution in [0.15, 0.2) is 32.5 Å². The van der Waals surface area contributed by atoms with Crippen molar-refractivity contribution in [1.82, 2.24) is 14.7 Å². The van der Waals surface area contributed by atoms with E-state index in [9.17, 15) is 8.42 Å². The molecule has 0 aliphatic heterocycles. The summed E-state index contributed by atoms with van der Waals surface area (Å²) in [6.45, 7) is 0. The van der Waals surface area contributed by atoms with Gasteiger partial charge in [0.25, 0.3) is 0 Å². The molecule has 0 unspecified atom stereocenters. The van der Waals surface area contributed by atoms with Gasteiger partial charge in [-0.15, -0.1) is 11.3 Å². The van der Waals surface area contributed by atoms with Gasteiger partial charge in [-0.1, -0.05) is 0 Å². The van der Waals surface area contributed by atoms with Crippen LogP contribution < -0.4 is 14.2 Å². The van der Waals surface area contributed by atoms with Crippen molar-refractivity contribution < 1.29 is 17.9 Å². The molecule has 0 aromatic carbocycles. The summed E-state index contributed by atoms with van der Waals surface area (Å²) >= 11 is 4.49. The monoisotopic (exact) mass is 447 g/mol. The fourth-order valence-corrected chi connectivity index (χ4v) is 6.01. The summed E-state index contributed by atoms with van der Waals surface area (Å²) in [4.78, 5) is 8.20. The first-order valence-electron chi connectivity index (χ1n) is 7.76. The molecule has 2 aromatic rings. The highest BCUT2D eigenvalue weighted by atomic mass is 79.9. The Labute approximate surface area is 159 Å². The minimum atomic E-state index is -3.47. The molecule has 2 heterocycles. The maximum absolute atomic E-state index is 12.4. The Morgan fingerprint density at radius 3 is 2.56 bits per heavy atom. The minimum absolute atomic E-state index is 0.00181. The first-order chi connectivity index (χ1) is 12.0. The lowest BCUT2D eigenvalue weighted by atomic mass is 9.94. The molecule has 136 valence electrons. The predicted octanol–water partition coefficient (Wildman–Crippen LogP) is 2.98. The fourth-order valence-electron chi connectivity index (χ4n) is 2.68. The van der Waals surface area contributed by atoms with Crippen LogP contribution in [0.1, 0.15) is 25.7 Å². The van der Waals surface area contributed by atoms with E-state index in [0.29, 0.717) is 28.8 Å². The molecular formula is C15H18BrN3O4S2. The molecule has 1 aliphatic carbocycles. The van der Waals surface area contributed by atoms with Gasteiger partial charge in [0.2, 0.25) is 21.8 Å². The van der Waals surface area contributed by atoms with Gasteiger partial charge >= 0.3 is 0 Å². The number of aromatic nitrogens is 2. The van der Waals surface area contributed by atoms with Crippen LogP contribution in [0, 0.1) is 0 Å². The second-order valence-corrected chi connectivity index (χ2v) is 10.1. The lowest BCUT2D eigenvalue weighted by Crippen LogP contribution is -2.39. The zero-order chi connectivity index (χ0) is 17.9. The third-order valence-corrected chi connectivity index (χ3v) is 7.53. The molecular weight excluding hydrogens is 430 g/mol. The van der Waals surface area contributed by atoms with E-state index in [1.165, 1.54) is 24.6 Å². The van der Waals surface area contributed by atoms with Gasteiger partial charge in [0.05, 0.1) is 23.3 Å². The van der Waals surface area contributed by atoms with E-state index in [-0.39, 0.29) is 12.1 Å². The van der Waals surface area contributed by atoms with Crippen LogP contribution in [-0.2, 0) is 10.0 Å². The molecule has 1 aliphatic rings. The Bertz CT molecular complexity index is 820. The normalized spacial score (nSPS) is 21.0. The smallest absolute Gasteiger partial charge is 0.250 e. The lowest BCUT2D eigenvalue weighted by Gasteiger charge is -2.28. The Morgan fingerprint density at radius 1 is 1.20 bits per heavy atom. The number of nitrogens with one attached hydrogen (secondary N) is 1. The van der Waals surface area contributed by atoms with Crippen LogP contribution in [0.25, 0.3) is 0 Å². The van der Waals surface area contributed by atoms with E-state index >= 15 is 0 Å². The molecule has 0 radical (unpaired) electrons. The third-order valence-electron chi connectivity index (χ3n) is 3.90. The summed E-state index contributed by atoms with van der Waals surface area (Å²) in [6, 6.07) is 3.26. The van der Waals surface area contributed by atoms with E-state index in [4.69, 9.17) is 9.47 Å². The van der Waals surface area contributed by atoms with Crippen molar-refractivity contribution in [3.8, 4) is 11.8 Å². The van der Waals surface area contributed by atoms with Crippen molar-refractivity contribution in [1.29, 1.82) is 0 Å². The highest BCUT2D eigenvalue weighted by molar-refractivity contribution is 9.11. The molecule has 1 N–H and O–H groups in total. The van der Waals surface area contributed by atoms with Gasteiger partial charge in [0.15, 0.2) is 0 Å². The van der Waals surface area contributed by atoms with E-state index in [1.54, 1.807) is 18.3 Å². The van der Waals surface area contributed by atoms with Gasteiger partial charge in [0.1, 0.15) is 10.3 Å². The summed E-state index contributed by atoms with van der Waals surface area (Å²) in [5, 5.41) is 0. The van der Waals surface area contributed by atoms with Crippen LogP contribution in [-0.4, -0.2) is 37.6 Å². The zero-order valence-electron chi connectivity index (χ0n) is 13.5. The van der Waals surface area contributed by atoms with Crippen LogP contribution >= 0.6 is 27.3 Å². The highest BCUT2D eigenvalue weighted by Crippen LogP contribution is 2.28. The first kappa shape index (κ1) is 18.6. The maximum Gasteiger partial charge on any atom is 0.250 e. The largest absolute Gasteiger partial charge is 0.480 e. The summed E-state index contributed by atoms with van der Waals surface area (Å²) in [7, 11) is -1.94. The second kappa shape index (κ2) is 7.98. The number of methoxy groups -OCH3 is 1. The SMILES string of the molecule is COc1cncc(OC2CCC(NS(=O)(=O)c3ccc(Br)s3)CC2)n1. The number of hydrogen-bond acceptors (Lipinski definition) is 7. The molecule has 0 amide bonds. The van der Waals surface area contributed by atoms with Crippen molar-refractivity contribution in [3.05, 3.63) is 28.3 Å². The van der Waals surface area contributed by atoms with Gasteiger partial charge in [-0.3, -0.25) is 4.98 Å². The van der Waals surface area contributed by atoms with Crippen molar-refractivity contribution in [2.45, 2.75) is 42.0 Å². The Kier molecular flexibility index (Phi) is 5.92. The molecule has 0 spiro atoms. The Hall–Kier alpha value is -1.23. The van der Waals surface area contributed by atoms with E-state index in [0.717, 1.165) is 16.6 Å². The van der Waals surface area contributed by atoms with Crippen molar-refractivity contribution in [2.24, 2.45) is 0 Å². The van der Waals surface area contributed by atoms with E-state index in [1.807, 2.05) is 0 Å². The highest BCUT2D eigenvalue weighted by Gasteiger charge is 2.27. The number of rotatable bonds is 6. The average molecular weight is 448 g/mol. The Morgan fingerprint density at radius 2 is 1.92 bits per heavy atom. The van der Waals surface area contributed by atoms with Crippen molar-refractivity contribution >= 4 is 37.3 Å². The zero-order valence-corrected chi connectivity index (χ0v) is 16.7. The summed E-state index contributed by atoms with van der Waals surface area (Å²) in [5.41, 5.74) is 0. The lowest BCUT2D eigenvalue weighted by molar-refractivity contribution is 0.136. The molecule has 1 saturated carbocycles. The molecule has 7 nitrogen and oxygen atoms in total. The average Bonchev–Trinajstić information content (AvgIpc) is 3.04. The fraction of sp³-hybridized carbons (Fsp3) is 0.467. The molecule has 25 heavy (non-hydrogen) atoms. The predicted molar refractivity (Wildman–Crippen MR) is 97.6 cm³/mol. The summed E-state index contributed by atoms with van der Waals surface area (Å²) in [5.74, 6) is 0.827. The Balaban J connectivity index is 1.53. The number of ether oxygens (including phenoxy) is 2. The molecule has 0 saturated heterocycles. The van der Waals surface area contributed by atoms with Crippen LogP contribution in [0.4, 0.5) is 0 Å². The van der Waals surface area contributed by atoms with Gasteiger partial charge in [0, 0.05) is 6.04 Å². The minimum Gasteiger partial charge on any atom is -0.480 e. The molecule has 10 heteroatoms. The van der Waals surface area contributed by atoms with Crippen LogP contribution in [0.2, 0.25) is 0 Å². The molecule has 2 aromatic heterocycles. The van der Waals surface area contributed by atoms with Gasteiger partial charge < -0.3 is 9.47 Å². The number of hydrogen-bond donors (Lipinski definition) is 1. The standard InChI is InChI=1S/C15H18BrN3O4S2/c1-22-13-8-17-9-14(18-13)23-11-4-2-10(3-5-11)19-25(20,21)15-7-6-12(16)24-15/h6-11,19H,2-5H2,1H3. The van der Waals surface area contributed by atoms with Crippen molar-refractivity contribution in [2.75, 3.05) is 7.11 Å². The number of sulfonamides is 1. The first-order valence-corrected chi connectivity index (χ1v) is 10.9. The van der Waals surface area contributed by atoms with E-state index in [2.05, 4.69) is 30.6 Å². The molecule has 0 bridgehead atoms. The number of nitrogens with zero attached hydrogens (tertiary/aromatic N) is 2. The summed E-state index contributed by atoms with van der Waals surface area (Å²) < 4.78 is 39.5. The van der Waals surface area contributed by atoms with Gasteiger partial charge in [-0.2, -0.15) is 4.98 Å². The quantitative estimate of drug-likeness (QED) is 0.731. The van der Waals surface area contributed by atoms with Crippen molar-refractivity contribution in [3.63, 3.8) is 0 Å². The van der Waals surface area contributed by atoms with E-state index < -0.39 is 10.0 Å². The number of thiophene rings is 1. The summed E-state index contributed by atoms with van der Waals surface area (Å²) in [6.07, 6.45) is 5.99. The van der Waals surface area contributed by atoms with Gasteiger partial charge in [-0.25, -0.2) is 13.1 Å². The third kappa shape index (κ3) is 4.90. The maximum atomic E-state index is 12.4. The topological polar surface area (TPSA) is 90.4 Å². The van der Waals surface area contributed by atoms with Gasteiger partial charge in [-0.05, 0) is 53.7 Å².